The van der Waals surface area contributed by atoms with Crippen molar-refractivity contribution in [3.63, 3.8) is 0 Å². The summed E-state index contributed by atoms with van der Waals surface area (Å²) in [6, 6.07) is 6.72. The molecule has 0 bridgehead atoms. The third kappa shape index (κ3) is 2.45. The summed E-state index contributed by atoms with van der Waals surface area (Å²) < 4.78 is 9.42. The van der Waals surface area contributed by atoms with E-state index in [1.807, 2.05) is 0 Å². The number of esters is 2. The van der Waals surface area contributed by atoms with Gasteiger partial charge in [-0.2, -0.15) is 0 Å². The van der Waals surface area contributed by atoms with Crippen LogP contribution in [0.1, 0.15) is 22.8 Å². The summed E-state index contributed by atoms with van der Waals surface area (Å²) in [7, 11) is 1.31. The molecule has 0 radical (unpaired) electrons. The molecule has 2 rings (SSSR count). The van der Waals surface area contributed by atoms with Crippen molar-refractivity contribution >= 4 is 23.9 Å². The van der Waals surface area contributed by atoms with Gasteiger partial charge in [0.25, 0.3) is 0 Å². The average Bonchev–Trinajstić information content (AvgIpc) is 2.67. The minimum atomic E-state index is -0.490. The third-order valence-corrected chi connectivity index (χ3v) is 2.34. The van der Waals surface area contributed by atoms with Gasteiger partial charge in [-0.15, -0.1) is 0 Å². The molecule has 0 fully saturated rings. The molecule has 0 saturated carbocycles. The summed E-state index contributed by atoms with van der Waals surface area (Å²) >= 11 is 0. The molecule has 18 heavy (non-hydrogen) atoms. The topological polar surface area (TPSA) is 65.0 Å². The van der Waals surface area contributed by atoms with E-state index in [2.05, 4.69) is 9.73 Å². The minimum Gasteiger partial charge on any atom is -0.465 e. The Morgan fingerprint density at radius 1 is 1.44 bits per heavy atom. The maximum atomic E-state index is 11.4. The maximum Gasteiger partial charge on any atom is 0.363 e. The fourth-order valence-corrected chi connectivity index (χ4v) is 1.55. The monoisotopic (exact) mass is 245 g/mol. The van der Waals surface area contributed by atoms with Crippen LogP contribution < -0.4 is 0 Å². The quantitative estimate of drug-likeness (QED) is 0.588. The van der Waals surface area contributed by atoms with Gasteiger partial charge in [-0.1, -0.05) is 12.1 Å². The Morgan fingerprint density at radius 3 is 2.83 bits per heavy atom. The highest BCUT2D eigenvalue weighted by Crippen LogP contribution is 2.16. The second kappa shape index (κ2) is 4.83. The SMILES string of the molecule is COC(=O)c1cccc(/C=C2\N=C(C)OC2=O)c1. The second-order valence-corrected chi connectivity index (χ2v) is 3.67. The first-order valence-corrected chi connectivity index (χ1v) is 5.27. The van der Waals surface area contributed by atoms with Gasteiger partial charge >= 0.3 is 11.9 Å². The van der Waals surface area contributed by atoms with Gasteiger partial charge in [-0.25, -0.2) is 14.6 Å². The minimum absolute atomic E-state index is 0.217. The van der Waals surface area contributed by atoms with Crippen LogP contribution >= 0.6 is 0 Å². The van der Waals surface area contributed by atoms with Gasteiger partial charge in [0.15, 0.2) is 11.6 Å². The third-order valence-electron chi connectivity index (χ3n) is 2.34. The van der Waals surface area contributed by atoms with Crippen molar-refractivity contribution in [3.8, 4) is 0 Å². The van der Waals surface area contributed by atoms with Gasteiger partial charge in [-0.3, -0.25) is 0 Å². The Kier molecular flexibility index (Phi) is 3.23. The Bertz CT molecular complexity index is 572. The van der Waals surface area contributed by atoms with E-state index in [-0.39, 0.29) is 5.70 Å². The summed E-state index contributed by atoms with van der Waals surface area (Å²) in [5.41, 5.74) is 1.32. The van der Waals surface area contributed by atoms with Crippen molar-refractivity contribution in [3.05, 3.63) is 41.1 Å². The number of hydrogen-bond acceptors (Lipinski definition) is 5. The van der Waals surface area contributed by atoms with E-state index in [0.717, 1.165) is 0 Å². The summed E-state index contributed by atoms with van der Waals surface area (Å²) in [5, 5.41) is 0. The van der Waals surface area contributed by atoms with E-state index in [1.54, 1.807) is 37.3 Å². The highest BCUT2D eigenvalue weighted by Gasteiger charge is 2.19. The van der Waals surface area contributed by atoms with Crippen molar-refractivity contribution in [1.82, 2.24) is 0 Å². The van der Waals surface area contributed by atoms with Crippen LogP contribution in [0.25, 0.3) is 6.08 Å². The summed E-state index contributed by atoms with van der Waals surface area (Å²) in [4.78, 5) is 26.7. The van der Waals surface area contributed by atoms with E-state index in [1.165, 1.54) is 7.11 Å². The predicted octanol–water partition coefficient (Wildman–Crippen LogP) is 1.79. The molecular formula is C13H11NO4. The van der Waals surface area contributed by atoms with E-state index in [0.29, 0.717) is 17.0 Å². The van der Waals surface area contributed by atoms with Crippen LogP contribution in [0.5, 0.6) is 0 Å². The molecule has 0 spiro atoms. The molecule has 5 nitrogen and oxygen atoms in total. The molecule has 0 amide bonds. The van der Waals surface area contributed by atoms with Crippen molar-refractivity contribution in [1.29, 1.82) is 0 Å². The number of ether oxygens (including phenoxy) is 2. The van der Waals surface area contributed by atoms with Crippen LogP contribution in [0.3, 0.4) is 0 Å². The molecule has 0 unspecified atom stereocenters. The van der Waals surface area contributed by atoms with Crippen molar-refractivity contribution in [2.45, 2.75) is 6.92 Å². The first kappa shape index (κ1) is 12.0. The Labute approximate surface area is 104 Å². The Morgan fingerprint density at radius 2 is 2.22 bits per heavy atom. The molecule has 0 saturated heterocycles. The molecule has 1 aromatic carbocycles. The zero-order valence-electron chi connectivity index (χ0n) is 9.97. The zero-order valence-corrected chi connectivity index (χ0v) is 9.97. The number of cyclic esters (lactones) is 1. The number of hydrogen-bond donors (Lipinski definition) is 0. The van der Waals surface area contributed by atoms with Gasteiger partial charge in [0.2, 0.25) is 0 Å². The van der Waals surface area contributed by atoms with Gasteiger partial charge in [0.1, 0.15) is 0 Å². The molecular weight excluding hydrogens is 234 g/mol. The molecule has 0 aromatic heterocycles. The average molecular weight is 245 g/mol. The molecule has 1 aromatic rings. The van der Waals surface area contributed by atoms with E-state index >= 15 is 0 Å². The highest BCUT2D eigenvalue weighted by atomic mass is 16.6. The van der Waals surface area contributed by atoms with Gasteiger partial charge < -0.3 is 9.47 Å². The van der Waals surface area contributed by atoms with Crippen LogP contribution in [0.4, 0.5) is 0 Å². The van der Waals surface area contributed by atoms with E-state index in [4.69, 9.17) is 4.74 Å². The van der Waals surface area contributed by atoms with Gasteiger partial charge in [0.05, 0.1) is 12.7 Å². The molecule has 1 heterocycles. The molecule has 0 atom stereocenters. The fourth-order valence-electron chi connectivity index (χ4n) is 1.55. The number of rotatable bonds is 2. The largest absolute Gasteiger partial charge is 0.465 e. The predicted molar refractivity (Wildman–Crippen MR) is 65.0 cm³/mol. The van der Waals surface area contributed by atoms with Crippen molar-refractivity contribution in [2.24, 2.45) is 4.99 Å². The van der Waals surface area contributed by atoms with Crippen molar-refractivity contribution in [2.75, 3.05) is 7.11 Å². The summed E-state index contributed by atoms with van der Waals surface area (Å²) in [5.74, 6) is -0.602. The lowest BCUT2D eigenvalue weighted by Crippen LogP contribution is -2.01. The maximum absolute atomic E-state index is 11.4. The highest BCUT2D eigenvalue weighted by molar-refractivity contribution is 6.06. The van der Waals surface area contributed by atoms with Crippen molar-refractivity contribution < 1.29 is 19.1 Å². The van der Waals surface area contributed by atoms with Crippen LogP contribution in [0, 0.1) is 0 Å². The van der Waals surface area contributed by atoms with E-state index < -0.39 is 11.9 Å². The smallest absolute Gasteiger partial charge is 0.363 e. The lowest BCUT2D eigenvalue weighted by molar-refractivity contribution is -0.130. The first-order valence-electron chi connectivity index (χ1n) is 5.27. The number of carbonyl (C=O) groups excluding carboxylic acids is 2. The lowest BCUT2D eigenvalue weighted by atomic mass is 10.1. The Balaban J connectivity index is 2.33. The normalized spacial score (nSPS) is 16.4. The van der Waals surface area contributed by atoms with Crippen LogP contribution in [0.15, 0.2) is 35.0 Å². The summed E-state index contributed by atoms with van der Waals surface area (Å²) in [6.07, 6.45) is 1.56. The number of nitrogens with zero attached hydrogens (tertiary/aromatic N) is 1. The number of carbonyl (C=O) groups is 2. The number of methoxy groups -OCH3 is 1. The standard InChI is InChI=1S/C13H11NO4/c1-8-14-11(13(16)18-8)7-9-4-3-5-10(6-9)12(15)17-2/h3-7H,1-2H3/b11-7-. The molecule has 0 N–H and O–H groups in total. The van der Waals surface area contributed by atoms with Crippen LogP contribution in [-0.4, -0.2) is 24.9 Å². The Hall–Kier alpha value is -2.43. The van der Waals surface area contributed by atoms with Crippen LogP contribution in [-0.2, 0) is 14.3 Å². The summed E-state index contributed by atoms with van der Waals surface area (Å²) in [6.45, 7) is 1.60. The second-order valence-electron chi connectivity index (χ2n) is 3.67. The van der Waals surface area contributed by atoms with Crippen LogP contribution in [0.2, 0.25) is 0 Å². The molecule has 1 aliphatic rings. The molecule has 92 valence electrons. The van der Waals surface area contributed by atoms with Gasteiger partial charge in [0, 0.05) is 6.92 Å². The number of benzene rings is 1. The fraction of sp³-hybridized carbons (Fsp3) is 0.154. The molecule has 0 aliphatic carbocycles. The zero-order chi connectivity index (χ0) is 13.1. The number of aliphatic imine (C=N–C) groups is 1. The first-order chi connectivity index (χ1) is 8.60. The molecule has 5 heteroatoms. The van der Waals surface area contributed by atoms with E-state index in [9.17, 15) is 9.59 Å². The lowest BCUT2D eigenvalue weighted by Gasteiger charge is -2.00. The molecule has 1 aliphatic heterocycles. The van der Waals surface area contributed by atoms with Gasteiger partial charge in [-0.05, 0) is 23.8 Å².